The molecule has 0 aromatic heterocycles. The Balaban J connectivity index is 1.88. The van der Waals surface area contributed by atoms with Crippen LogP contribution >= 0.6 is 27.5 Å². The Kier molecular flexibility index (Phi) is 13.3. The molecule has 2 amide bonds. The molecule has 10 nitrogen and oxygen atoms in total. The molecule has 4 aromatic carbocycles. The van der Waals surface area contributed by atoms with Gasteiger partial charge in [0.2, 0.25) is 11.8 Å². The summed E-state index contributed by atoms with van der Waals surface area (Å²) in [5.41, 5.74) is 1.60. The number of amides is 2. The molecule has 1 N–H and O–H groups in total. The highest BCUT2D eigenvalue weighted by Crippen LogP contribution is 2.37. The number of hydrogen-bond acceptors (Lipinski definition) is 7. The van der Waals surface area contributed by atoms with Crippen LogP contribution in [0.2, 0.25) is 5.02 Å². The van der Waals surface area contributed by atoms with Gasteiger partial charge in [-0.05, 0) is 60.0 Å². The van der Waals surface area contributed by atoms with Crippen molar-refractivity contribution >= 4 is 55.1 Å². The Morgan fingerprint density at radius 3 is 2.16 bits per heavy atom. The first-order chi connectivity index (χ1) is 23.5. The second-order valence-electron chi connectivity index (χ2n) is 11.0. The lowest BCUT2D eigenvalue weighted by Gasteiger charge is -2.34. The Morgan fingerprint density at radius 1 is 0.837 bits per heavy atom. The van der Waals surface area contributed by atoms with E-state index in [1.165, 1.54) is 56.6 Å². The van der Waals surface area contributed by atoms with Gasteiger partial charge in [0.25, 0.3) is 10.0 Å². The van der Waals surface area contributed by atoms with Gasteiger partial charge in [-0.15, -0.1) is 0 Å². The van der Waals surface area contributed by atoms with Crippen molar-refractivity contribution in [3.05, 3.63) is 112 Å². The molecule has 260 valence electrons. The lowest BCUT2D eigenvalue weighted by molar-refractivity contribution is -0.140. The number of sulfonamides is 1. The SMILES string of the molecule is CCCNC(=O)[C@H](Cc1ccccc1)N(Cc1cccc(Br)c1)C(=O)CN(c1cc(Cl)ccc1OC)S(=O)(=O)c1ccc(OC)c(OC)c1. The van der Waals surface area contributed by atoms with E-state index in [-0.39, 0.29) is 46.0 Å². The van der Waals surface area contributed by atoms with Crippen molar-refractivity contribution in [2.75, 3.05) is 38.7 Å². The number of nitrogens with zero attached hydrogens (tertiary/aromatic N) is 2. The summed E-state index contributed by atoms with van der Waals surface area (Å²) in [4.78, 5) is 29.8. The third kappa shape index (κ3) is 9.46. The Labute approximate surface area is 301 Å². The maximum atomic E-state index is 14.7. The molecule has 0 bridgehead atoms. The molecular formula is C36H39BrClN3O7S. The number of benzene rings is 4. The van der Waals surface area contributed by atoms with Gasteiger partial charge in [-0.25, -0.2) is 8.42 Å². The normalized spacial score (nSPS) is 11.7. The molecule has 0 aliphatic heterocycles. The van der Waals surface area contributed by atoms with Crippen LogP contribution in [0.5, 0.6) is 17.2 Å². The first-order valence-corrected chi connectivity index (χ1v) is 18.1. The zero-order valence-electron chi connectivity index (χ0n) is 27.7. The van der Waals surface area contributed by atoms with Crippen molar-refractivity contribution in [2.45, 2.75) is 37.2 Å². The first kappa shape index (κ1) is 37.6. The molecule has 1 atom stereocenters. The molecule has 0 heterocycles. The van der Waals surface area contributed by atoms with Gasteiger partial charge in [-0.1, -0.05) is 76.9 Å². The molecule has 13 heteroatoms. The van der Waals surface area contributed by atoms with Crippen molar-refractivity contribution in [1.82, 2.24) is 10.2 Å². The number of rotatable bonds is 16. The van der Waals surface area contributed by atoms with E-state index in [4.69, 9.17) is 25.8 Å². The van der Waals surface area contributed by atoms with E-state index in [1.807, 2.05) is 61.5 Å². The Morgan fingerprint density at radius 2 is 1.51 bits per heavy atom. The van der Waals surface area contributed by atoms with Crippen molar-refractivity contribution in [3.63, 3.8) is 0 Å². The van der Waals surface area contributed by atoms with E-state index in [2.05, 4.69) is 21.2 Å². The predicted octanol–water partition coefficient (Wildman–Crippen LogP) is 6.49. The van der Waals surface area contributed by atoms with Gasteiger partial charge in [0.15, 0.2) is 11.5 Å². The standard InChI is InChI=1S/C36H39BrClN3O7S/c1-5-18-39-36(43)31(20-25-10-7-6-8-11-25)40(23-26-12-9-13-27(37)19-26)35(42)24-41(30-21-28(38)14-16-32(30)46-2)49(44,45)29-15-17-33(47-3)34(22-29)48-4/h6-17,19,21-22,31H,5,18,20,23-24H2,1-4H3,(H,39,43)/t31-/m0/s1. The van der Waals surface area contributed by atoms with Crippen molar-refractivity contribution in [2.24, 2.45) is 0 Å². The van der Waals surface area contributed by atoms with Crippen molar-refractivity contribution in [3.8, 4) is 17.2 Å². The Hall–Kier alpha value is -4.26. The van der Waals surface area contributed by atoms with Gasteiger partial charge in [0, 0.05) is 35.1 Å². The summed E-state index contributed by atoms with van der Waals surface area (Å²) >= 11 is 9.88. The van der Waals surface area contributed by atoms with Crippen LogP contribution in [0, 0.1) is 0 Å². The predicted molar refractivity (Wildman–Crippen MR) is 194 cm³/mol. The van der Waals surface area contributed by atoms with Crippen molar-refractivity contribution in [1.29, 1.82) is 0 Å². The van der Waals surface area contributed by atoms with E-state index in [0.717, 1.165) is 19.9 Å². The minimum absolute atomic E-state index is 0.0201. The minimum atomic E-state index is -4.48. The molecule has 0 radical (unpaired) electrons. The monoisotopic (exact) mass is 771 g/mol. The number of halogens is 2. The highest BCUT2D eigenvalue weighted by molar-refractivity contribution is 9.10. The van der Waals surface area contributed by atoms with Gasteiger partial charge in [-0.3, -0.25) is 13.9 Å². The molecule has 0 saturated carbocycles. The quantitative estimate of drug-likeness (QED) is 0.139. The number of carbonyl (C=O) groups excluding carboxylic acids is 2. The van der Waals surface area contributed by atoms with Crippen LogP contribution in [0.25, 0.3) is 0 Å². The summed E-state index contributed by atoms with van der Waals surface area (Å²) < 4.78 is 47.1. The first-order valence-electron chi connectivity index (χ1n) is 15.5. The minimum Gasteiger partial charge on any atom is -0.495 e. The second kappa shape index (κ2) is 17.4. The number of carbonyl (C=O) groups is 2. The van der Waals surface area contributed by atoms with Crippen LogP contribution in [0.1, 0.15) is 24.5 Å². The number of nitrogens with one attached hydrogen (secondary N) is 1. The van der Waals surface area contributed by atoms with Crippen LogP contribution in [0.4, 0.5) is 5.69 Å². The summed E-state index contributed by atoms with van der Waals surface area (Å²) in [6.45, 7) is 1.68. The summed E-state index contributed by atoms with van der Waals surface area (Å²) in [7, 11) is -0.257. The summed E-state index contributed by atoms with van der Waals surface area (Å²) in [6.07, 6.45) is 0.883. The van der Waals surface area contributed by atoms with E-state index < -0.39 is 28.5 Å². The van der Waals surface area contributed by atoms with Crippen LogP contribution in [0.3, 0.4) is 0 Å². The molecule has 0 aliphatic carbocycles. The summed E-state index contributed by atoms with van der Waals surface area (Å²) in [6, 6.07) is 24.4. The molecule has 0 saturated heterocycles. The number of hydrogen-bond donors (Lipinski definition) is 1. The van der Waals surface area contributed by atoms with Gasteiger partial charge >= 0.3 is 0 Å². The molecule has 0 fully saturated rings. The molecule has 4 rings (SSSR count). The molecule has 0 aliphatic rings. The fourth-order valence-electron chi connectivity index (χ4n) is 5.23. The third-order valence-electron chi connectivity index (χ3n) is 7.69. The van der Waals surface area contributed by atoms with Gasteiger partial charge in [0.1, 0.15) is 18.3 Å². The fraction of sp³-hybridized carbons (Fsp3) is 0.278. The van der Waals surface area contributed by atoms with Gasteiger partial charge in [0.05, 0.1) is 31.9 Å². The van der Waals surface area contributed by atoms with E-state index in [9.17, 15) is 18.0 Å². The number of methoxy groups -OCH3 is 3. The highest BCUT2D eigenvalue weighted by atomic mass is 79.9. The van der Waals surface area contributed by atoms with Crippen LogP contribution in [-0.4, -0.2) is 65.6 Å². The fourth-order valence-corrected chi connectivity index (χ4v) is 7.27. The lowest BCUT2D eigenvalue weighted by atomic mass is 10.0. The highest BCUT2D eigenvalue weighted by Gasteiger charge is 2.36. The van der Waals surface area contributed by atoms with Crippen LogP contribution < -0.4 is 23.8 Å². The van der Waals surface area contributed by atoms with Gasteiger partial charge in [-0.2, -0.15) is 0 Å². The average molecular weight is 773 g/mol. The molecule has 49 heavy (non-hydrogen) atoms. The van der Waals surface area contributed by atoms with Crippen LogP contribution in [0.15, 0.2) is 100 Å². The second-order valence-corrected chi connectivity index (χ2v) is 14.2. The van der Waals surface area contributed by atoms with E-state index >= 15 is 0 Å². The molecular weight excluding hydrogens is 734 g/mol. The molecule has 4 aromatic rings. The topological polar surface area (TPSA) is 114 Å². The molecule has 0 unspecified atom stereocenters. The zero-order valence-corrected chi connectivity index (χ0v) is 30.8. The summed E-state index contributed by atoms with van der Waals surface area (Å²) in [5, 5.41) is 3.16. The molecule has 0 spiro atoms. The lowest BCUT2D eigenvalue weighted by Crippen LogP contribution is -2.53. The Bertz CT molecular complexity index is 1860. The van der Waals surface area contributed by atoms with Crippen molar-refractivity contribution < 1.29 is 32.2 Å². The van der Waals surface area contributed by atoms with E-state index in [0.29, 0.717) is 18.7 Å². The number of ether oxygens (including phenoxy) is 3. The summed E-state index contributed by atoms with van der Waals surface area (Å²) in [5.74, 6) is -0.310. The average Bonchev–Trinajstić information content (AvgIpc) is 3.10. The maximum absolute atomic E-state index is 14.7. The smallest absolute Gasteiger partial charge is 0.265 e. The largest absolute Gasteiger partial charge is 0.495 e. The van der Waals surface area contributed by atoms with Crippen LogP contribution in [-0.2, 0) is 32.6 Å². The zero-order chi connectivity index (χ0) is 35.6. The maximum Gasteiger partial charge on any atom is 0.265 e. The number of anilines is 1. The third-order valence-corrected chi connectivity index (χ3v) is 10.2. The van der Waals surface area contributed by atoms with Gasteiger partial charge < -0.3 is 24.4 Å². The van der Waals surface area contributed by atoms with E-state index in [1.54, 1.807) is 6.07 Å².